The first-order chi connectivity index (χ1) is 13.0. The molecule has 1 aliphatic heterocycles. The molecule has 27 heavy (non-hydrogen) atoms. The molecule has 3 rings (SSSR count). The van der Waals surface area contributed by atoms with Crippen LogP contribution in [0, 0.1) is 0 Å². The van der Waals surface area contributed by atoms with E-state index < -0.39 is 0 Å². The van der Waals surface area contributed by atoms with E-state index in [2.05, 4.69) is 43.9 Å². The smallest absolute Gasteiger partial charge is 0.0702 e. The van der Waals surface area contributed by atoms with Crippen molar-refractivity contribution in [3.8, 4) is 0 Å². The molecule has 4 nitrogen and oxygen atoms in total. The van der Waals surface area contributed by atoms with Gasteiger partial charge in [0.05, 0.1) is 24.3 Å². The molecular weight excluding hydrogens is 336 g/mol. The average Bonchev–Trinajstić information content (AvgIpc) is 2.67. The van der Waals surface area contributed by atoms with Crippen LogP contribution in [0.4, 0.5) is 0 Å². The van der Waals surface area contributed by atoms with Crippen molar-refractivity contribution in [2.24, 2.45) is 0 Å². The van der Waals surface area contributed by atoms with Crippen molar-refractivity contribution in [2.45, 2.75) is 58.8 Å². The number of benzene rings is 1. The van der Waals surface area contributed by atoms with Gasteiger partial charge in [-0.05, 0) is 58.5 Å². The molecule has 4 heteroatoms. The van der Waals surface area contributed by atoms with Gasteiger partial charge in [-0.3, -0.25) is 4.98 Å². The SMILES string of the molecule is CC.CC1CC(N(C)C)CC(C)O1.OC/C=C/c1cnc2ccccc2c1. The first-order valence-corrected chi connectivity index (χ1v) is 9.93. The second kappa shape index (κ2) is 12.6. The Kier molecular flexibility index (Phi) is 10.9. The summed E-state index contributed by atoms with van der Waals surface area (Å²) in [5.74, 6) is 0. The van der Waals surface area contributed by atoms with Gasteiger partial charge in [-0.15, -0.1) is 0 Å². The Balaban J connectivity index is 0.000000254. The van der Waals surface area contributed by atoms with Gasteiger partial charge in [0.15, 0.2) is 0 Å². The maximum Gasteiger partial charge on any atom is 0.0702 e. The predicted molar refractivity (Wildman–Crippen MR) is 116 cm³/mol. The molecule has 0 spiro atoms. The Morgan fingerprint density at radius 3 is 2.37 bits per heavy atom. The summed E-state index contributed by atoms with van der Waals surface area (Å²) in [4.78, 5) is 6.60. The van der Waals surface area contributed by atoms with E-state index in [9.17, 15) is 0 Å². The maximum atomic E-state index is 8.63. The molecule has 1 saturated heterocycles. The summed E-state index contributed by atoms with van der Waals surface area (Å²) in [7, 11) is 4.30. The number of hydrogen-bond acceptors (Lipinski definition) is 4. The number of nitrogens with zero attached hydrogens (tertiary/aromatic N) is 2. The molecule has 0 bridgehead atoms. The normalized spacial score (nSPS) is 22.1. The molecule has 0 aliphatic carbocycles. The lowest BCUT2D eigenvalue weighted by Crippen LogP contribution is -2.40. The van der Waals surface area contributed by atoms with Crippen LogP contribution in [0.1, 0.15) is 46.1 Å². The second-order valence-corrected chi connectivity index (χ2v) is 6.89. The molecule has 0 saturated carbocycles. The number of aliphatic hydroxyl groups is 1. The molecule has 1 aromatic carbocycles. The fraction of sp³-hybridized carbons (Fsp3) is 0.522. The van der Waals surface area contributed by atoms with E-state index in [0.717, 1.165) is 16.5 Å². The van der Waals surface area contributed by atoms with Crippen LogP contribution >= 0.6 is 0 Å². The van der Waals surface area contributed by atoms with Crippen LogP contribution in [-0.2, 0) is 4.74 Å². The van der Waals surface area contributed by atoms with Gasteiger partial charge in [0, 0.05) is 17.6 Å². The van der Waals surface area contributed by atoms with E-state index in [1.54, 1.807) is 12.3 Å². The molecule has 2 aromatic rings. The zero-order valence-corrected chi connectivity index (χ0v) is 17.7. The zero-order chi connectivity index (χ0) is 20.2. The minimum atomic E-state index is 0.0623. The molecule has 1 aromatic heterocycles. The largest absolute Gasteiger partial charge is 0.392 e. The summed E-state index contributed by atoms with van der Waals surface area (Å²) in [6.45, 7) is 8.38. The summed E-state index contributed by atoms with van der Waals surface area (Å²) in [5.41, 5.74) is 2.01. The third-order valence-electron chi connectivity index (χ3n) is 4.43. The van der Waals surface area contributed by atoms with Crippen LogP contribution in [0.3, 0.4) is 0 Å². The zero-order valence-electron chi connectivity index (χ0n) is 17.7. The number of aromatic nitrogens is 1. The lowest BCUT2D eigenvalue weighted by molar-refractivity contribution is -0.0578. The first-order valence-electron chi connectivity index (χ1n) is 9.93. The van der Waals surface area contributed by atoms with E-state index in [0.29, 0.717) is 18.2 Å². The van der Waals surface area contributed by atoms with Crippen LogP contribution < -0.4 is 0 Å². The third kappa shape index (κ3) is 8.21. The van der Waals surface area contributed by atoms with Gasteiger partial charge in [-0.1, -0.05) is 44.2 Å². The Hall–Kier alpha value is -1.75. The number of fused-ring (bicyclic) bond motifs is 1. The average molecular weight is 373 g/mol. The number of hydrogen-bond donors (Lipinski definition) is 1. The summed E-state index contributed by atoms with van der Waals surface area (Å²) >= 11 is 0. The molecular formula is C23H36N2O2. The topological polar surface area (TPSA) is 45.6 Å². The molecule has 0 amide bonds. The van der Waals surface area contributed by atoms with Gasteiger partial charge in [0.1, 0.15) is 0 Å². The van der Waals surface area contributed by atoms with Crippen LogP contribution in [-0.4, -0.2) is 53.9 Å². The number of para-hydroxylation sites is 1. The molecule has 150 valence electrons. The highest BCUT2D eigenvalue weighted by molar-refractivity contribution is 5.80. The highest BCUT2D eigenvalue weighted by Gasteiger charge is 2.25. The first kappa shape index (κ1) is 23.3. The van der Waals surface area contributed by atoms with Crippen molar-refractivity contribution in [2.75, 3.05) is 20.7 Å². The van der Waals surface area contributed by atoms with Crippen LogP contribution in [0.15, 0.2) is 42.6 Å². The molecule has 1 N–H and O–H groups in total. The predicted octanol–water partition coefficient (Wildman–Crippen LogP) is 4.77. The lowest BCUT2D eigenvalue weighted by Gasteiger charge is -2.35. The van der Waals surface area contributed by atoms with Gasteiger partial charge in [-0.2, -0.15) is 0 Å². The number of aliphatic hydroxyl groups excluding tert-OH is 1. The van der Waals surface area contributed by atoms with Gasteiger partial charge in [0.2, 0.25) is 0 Å². The summed E-state index contributed by atoms with van der Waals surface area (Å²) in [6.07, 6.45) is 8.59. The van der Waals surface area contributed by atoms with Gasteiger partial charge in [-0.25, -0.2) is 0 Å². The summed E-state index contributed by atoms with van der Waals surface area (Å²) in [5, 5.41) is 9.75. The Labute approximate surface area is 164 Å². The van der Waals surface area contributed by atoms with E-state index in [1.807, 2.05) is 44.2 Å². The minimum absolute atomic E-state index is 0.0623. The van der Waals surface area contributed by atoms with Gasteiger partial charge in [0.25, 0.3) is 0 Å². The van der Waals surface area contributed by atoms with Gasteiger partial charge >= 0.3 is 0 Å². The summed E-state index contributed by atoms with van der Waals surface area (Å²) < 4.78 is 5.64. The van der Waals surface area contributed by atoms with Crippen molar-refractivity contribution in [3.63, 3.8) is 0 Å². The van der Waals surface area contributed by atoms with Crippen molar-refractivity contribution < 1.29 is 9.84 Å². The third-order valence-corrected chi connectivity index (χ3v) is 4.43. The summed E-state index contributed by atoms with van der Waals surface area (Å²) in [6, 6.07) is 10.7. The van der Waals surface area contributed by atoms with Crippen LogP contribution in [0.5, 0.6) is 0 Å². The van der Waals surface area contributed by atoms with Crippen molar-refractivity contribution in [1.29, 1.82) is 0 Å². The molecule has 1 aliphatic rings. The standard InChI is InChI=1S/C12H11NO.C9H19NO.C2H6/c14-7-3-4-10-8-11-5-1-2-6-12(11)13-9-10;1-7-5-9(10(3)4)6-8(2)11-7;1-2/h1-6,8-9,14H,7H2;7-9H,5-6H2,1-4H3;1-2H3/b4-3+;;. The van der Waals surface area contributed by atoms with Crippen LogP contribution in [0.25, 0.3) is 17.0 Å². The highest BCUT2D eigenvalue weighted by atomic mass is 16.5. The Morgan fingerprint density at radius 1 is 1.15 bits per heavy atom. The van der Waals surface area contributed by atoms with Crippen molar-refractivity contribution in [1.82, 2.24) is 9.88 Å². The van der Waals surface area contributed by atoms with Crippen molar-refractivity contribution in [3.05, 3.63) is 48.2 Å². The minimum Gasteiger partial charge on any atom is -0.392 e. The van der Waals surface area contributed by atoms with E-state index in [1.165, 1.54) is 12.8 Å². The quantitative estimate of drug-likeness (QED) is 0.843. The highest BCUT2D eigenvalue weighted by Crippen LogP contribution is 2.21. The Morgan fingerprint density at radius 2 is 1.78 bits per heavy atom. The number of ether oxygens (including phenoxy) is 1. The van der Waals surface area contributed by atoms with Crippen molar-refractivity contribution >= 4 is 17.0 Å². The monoisotopic (exact) mass is 372 g/mol. The fourth-order valence-corrected chi connectivity index (χ4v) is 3.16. The molecule has 1 fully saturated rings. The van der Waals surface area contributed by atoms with E-state index >= 15 is 0 Å². The van der Waals surface area contributed by atoms with E-state index in [4.69, 9.17) is 9.84 Å². The van der Waals surface area contributed by atoms with Gasteiger partial charge < -0.3 is 14.7 Å². The lowest BCUT2D eigenvalue weighted by atomic mass is 9.99. The van der Waals surface area contributed by atoms with Crippen LogP contribution in [0.2, 0.25) is 0 Å². The molecule has 2 heterocycles. The molecule has 2 unspecified atom stereocenters. The molecule has 0 radical (unpaired) electrons. The fourth-order valence-electron chi connectivity index (χ4n) is 3.16. The molecule has 2 atom stereocenters. The maximum absolute atomic E-state index is 8.63. The Bertz CT molecular complexity index is 675. The second-order valence-electron chi connectivity index (χ2n) is 6.89. The number of pyridine rings is 1. The number of rotatable bonds is 3. The van der Waals surface area contributed by atoms with E-state index in [-0.39, 0.29) is 6.61 Å².